The number of hydrogen-bond donors (Lipinski definition) is 2. The van der Waals surface area contributed by atoms with E-state index < -0.39 is 5.60 Å². The molecule has 0 spiro atoms. The smallest absolute Gasteiger partial charge is 0.121 e. The first-order valence-electron chi connectivity index (χ1n) is 4.55. The third-order valence-corrected chi connectivity index (χ3v) is 2.16. The molecule has 0 radical (unpaired) electrons. The van der Waals surface area contributed by atoms with E-state index in [0.29, 0.717) is 5.56 Å². The molecule has 0 bridgehead atoms. The number of rotatable bonds is 2. The number of phenols is 1. The number of benzene rings is 1. The zero-order valence-corrected chi connectivity index (χ0v) is 9.07. The minimum absolute atomic E-state index is 0.128. The van der Waals surface area contributed by atoms with Crippen molar-refractivity contribution in [2.45, 2.75) is 19.4 Å². The van der Waals surface area contributed by atoms with Crippen molar-refractivity contribution in [1.29, 1.82) is 0 Å². The molecule has 0 saturated carbocycles. The van der Waals surface area contributed by atoms with Crippen molar-refractivity contribution >= 4 is 5.69 Å². The fourth-order valence-corrected chi connectivity index (χ4v) is 1.29. The fourth-order valence-electron chi connectivity index (χ4n) is 1.29. The highest BCUT2D eigenvalue weighted by atomic mass is 16.3. The minimum atomic E-state index is -1.02. The molecule has 2 N–H and O–H groups in total. The lowest BCUT2D eigenvalue weighted by Crippen LogP contribution is -2.17. The first-order chi connectivity index (χ1) is 6.32. The molecule has 3 heteroatoms. The summed E-state index contributed by atoms with van der Waals surface area (Å²) in [6.45, 7) is 3.31. The maximum atomic E-state index is 9.80. The van der Waals surface area contributed by atoms with E-state index in [2.05, 4.69) is 0 Å². The summed E-state index contributed by atoms with van der Waals surface area (Å²) < 4.78 is 0. The van der Waals surface area contributed by atoms with Gasteiger partial charge in [-0.05, 0) is 32.0 Å². The van der Waals surface area contributed by atoms with Crippen LogP contribution in [0.15, 0.2) is 18.2 Å². The van der Waals surface area contributed by atoms with E-state index in [0.717, 1.165) is 5.69 Å². The van der Waals surface area contributed by atoms with Crippen LogP contribution in [0.2, 0.25) is 0 Å². The summed E-state index contributed by atoms with van der Waals surface area (Å²) in [6.07, 6.45) is 0. The van der Waals surface area contributed by atoms with E-state index in [1.54, 1.807) is 26.0 Å². The van der Waals surface area contributed by atoms with E-state index in [1.807, 2.05) is 25.1 Å². The molecule has 0 amide bonds. The van der Waals surface area contributed by atoms with Gasteiger partial charge >= 0.3 is 0 Å². The lowest BCUT2D eigenvalue weighted by Gasteiger charge is -2.22. The van der Waals surface area contributed by atoms with Gasteiger partial charge in [0.05, 0.1) is 5.60 Å². The molecule has 1 aromatic carbocycles. The van der Waals surface area contributed by atoms with E-state index in [4.69, 9.17) is 0 Å². The van der Waals surface area contributed by atoms with Crippen molar-refractivity contribution < 1.29 is 10.2 Å². The first kappa shape index (κ1) is 10.9. The number of aliphatic hydroxyl groups is 1. The number of anilines is 1. The summed E-state index contributed by atoms with van der Waals surface area (Å²) in [6, 6.07) is 5.20. The van der Waals surface area contributed by atoms with Gasteiger partial charge in [0.1, 0.15) is 5.75 Å². The molecule has 0 fully saturated rings. The van der Waals surface area contributed by atoms with Crippen LogP contribution in [0.5, 0.6) is 5.75 Å². The Bertz CT molecular complexity index is 327. The van der Waals surface area contributed by atoms with Gasteiger partial charge in [0.2, 0.25) is 0 Å². The average Bonchev–Trinajstić information content (AvgIpc) is 2.02. The highest BCUT2D eigenvalue weighted by molar-refractivity contribution is 5.53. The average molecular weight is 195 g/mol. The lowest BCUT2D eigenvalue weighted by molar-refractivity contribution is 0.0759. The van der Waals surface area contributed by atoms with E-state index in [1.165, 1.54) is 0 Å². The second-order valence-electron chi connectivity index (χ2n) is 4.15. The van der Waals surface area contributed by atoms with Crippen LogP contribution in [0.25, 0.3) is 0 Å². The molecule has 3 nitrogen and oxygen atoms in total. The van der Waals surface area contributed by atoms with Crippen LogP contribution in [-0.2, 0) is 5.60 Å². The zero-order chi connectivity index (χ0) is 10.9. The van der Waals surface area contributed by atoms with Gasteiger partial charge < -0.3 is 15.1 Å². The third-order valence-electron chi connectivity index (χ3n) is 2.16. The quantitative estimate of drug-likeness (QED) is 0.754. The summed E-state index contributed by atoms with van der Waals surface area (Å²) >= 11 is 0. The van der Waals surface area contributed by atoms with Gasteiger partial charge in [0, 0.05) is 25.3 Å². The van der Waals surface area contributed by atoms with Gasteiger partial charge in [-0.2, -0.15) is 0 Å². The predicted molar refractivity (Wildman–Crippen MR) is 57.7 cm³/mol. The molecule has 0 atom stereocenters. The van der Waals surface area contributed by atoms with Crippen LogP contribution in [0, 0.1) is 0 Å². The van der Waals surface area contributed by atoms with Crippen molar-refractivity contribution in [1.82, 2.24) is 0 Å². The fraction of sp³-hybridized carbons (Fsp3) is 0.455. The van der Waals surface area contributed by atoms with Crippen molar-refractivity contribution in [3.63, 3.8) is 0 Å². The minimum Gasteiger partial charge on any atom is -0.508 e. The van der Waals surface area contributed by atoms with Crippen molar-refractivity contribution in [3.8, 4) is 5.75 Å². The number of phenolic OH excluding ortho intramolecular Hbond substituents is 1. The summed E-state index contributed by atoms with van der Waals surface area (Å²) in [5.74, 6) is 0.128. The Morgan fingerprint density at radius 3 is 2.21 bits per heavy atom. The van der Waals surface area contributed by atoms with Gasteiger partial charge in [-0.15, -0.1) is 0 Å². The Balaban J connectivity index is 3.22. The van der Waals surface area contributed by atoms with Crippen LogP contribution < -0.4 is 4.90 Å². The SMILES string of the molecule is CN(C)c1ccc(O)c(C(C)(C)O)c1. The molecule has 0 aliphatic rings. The molecule has 0 heterocycles. The molecular formula is C11H17NO2. The first-order valence-corrected chi connectivity index (χ1v) is 4.55. The van der Waals surface area contributed by atoms with Gasteiger partial charge in [0.25, 0.3) is 0 Å². The van der Waals surface area contributed by atoms with Crippen LogP contribution in [0.1, 0.15) is 19.4 Å². The second-order valence-corrected chi connectivity index (χ2v) is 4.15. The maximum absolute atomic E-state index is 9.80. The molecule has 0 saturated heterocycles. The third kappa shape index (κ3) is 2.17. The molecule has 0 aromatic heterocycles. The maximum Gasteiger partial charge on any atom is 0.121 e. The van der Waals surface area contributed by atoms with Crippen LogP contribution in [0.4, 0.5) is 5.69 Å². The predicted octanol–water partition coefficient (Wildman–Crippen LogP) is 1.69. The highest BCUT2D eigenvalue weighted by Crippen LogP contribution is 2.31. The standard InChI is InChI=1S/C11H17NO2/c1-11(2,14)9-7-8(12(3)4)5-6-10(9)13/h5-7,13-14H,1-4H3. The van der Waals surface area contributed by atoms with Crippen molar-refractivity contribution in [3.05, 3.63) is 23.8 Å². The number of nitrogens with zero attached hydrogens (tertiary/aromatic N) is 1. The normalized spacial score (nSPS) is 11.5. The van der Waals surface area contributed by atoms with Gasteiger partial charge in [-0.3, -0.25) is 0 Å². The van der Waals surface area contributed by atoms with Gasteiger partial charge in [0.15, 0.2) is 0 Å². The van der Waals surface area contributed by atoms with E-state index in [-0.39, 0.29) is 5.75 Å². The molecule has 0 aliphatic heterocycles. The number of aromatic hydroxyl groups is 1. The Hall–Kier alpha value is -1.22. The summed E-state index contributed by atoms with van der Waals surface area (Å²) in [5, 5.41) is 19.4. The second kappa shape index (κ2) is 3.50. The van der Waals surface area contributed by atoms with Crippen LogP contribution in [-0.4, -0.2) is 24.3 Å². The molecule has 1 rings (SSSR count). The molecule has 1 aromatic rings. The number of hydrogen-bond acceptors (Lipinski definition) is 3. The Kier molecular flexibility index (Phi) is 2.71. The molecule has 0 aliphatic carbocycles. The Labute approximate surface area is 84.6 Å². The van der Waals surface area contributed by atoms with Crippen molar-refractivity contribution in [2.75, 3.05) is 19.0 Å². The van der Waals surface area contributed by atoms with E-state index in [9.17, 15) is 10.2 Å². The zero-order valence-electron chi connectivity index (χ0n) is 9.07. The summed E-state index contributed by atoms with van der Waals surface area (Å²) in [4.78, 5) is 1.93. The van der Waals surface area contributed by atoms with Crippen LogP contribution in [0.3, 0.4) is 0 Å². The van der Waals surface area contributed by atoms with Crippen LogP contribution >= 0.6 is 0 Å². The molecule has 78 valence electrons. The van der Waals surface area contributed by atoms with E-state index >= 15 is 0 Å². The molecule has 14 heavy (non-hydrogen) atoms. The van der Waals surface area contributed by atoms with Gasteiger partial charge in [-0.1, -0.05) is 0 Å². The van der Waals surface area contributed by atoms with Gasteiger partial charge in [-0.25, -0.2) is 0 Å². The summed E-state index contributed by atoms with van der Waals surface area (Å²) in [7, 11) is 3.83. The topological polar surface area (TPSA) is 43.7 Å². The Morgan fingerprint density at radius 1 is 1.21 bits per heavy atom. The molecular weight excluding hydrogens is 178 g/mol. The Morgan fingerprint density at radius 2 is 1.79 bits per heavy atom. The summed E-state index contributed by atoms with van der Waals surface area (Å²) in [5.41, 5.74) is 0.486. The monoisotopic (exact) mass is 195 g/mol. The lowest BCUT2D eigenvalue weighted by atomic mass is 9.97. The highest BCUT2D eigenvalue weighted by Gasteiger charge is 2.20. The molecule has 0 unspecified atom stereocenters. The largest absolute Gasteiger partial charge is 0.508 e. The van der Waals surface area contributed by atoms with Crippen molar-refractivity contribution in [2.24, 2.45) is 0 Å².